The van der Waals surface area contributed by atoms with E-state index in [0.29, 0.717) is 12.8 Å². The number of hydrogen-bond donors (Lipinski definition) is 2. The Kier molecular flexibility index (Phi) is 5.45. The summed E-state index contributed by atoms with van der Waals surface area (Å²) in [4.78, 5) is 0. The van der Waals surface area contributed by atoms with E-state index in [1.807, 2.05) is 19.9 Å². The van der Waals surface area contributed by atoms with Crippen molar-refractivity contribution in [1.82, 2.24) is 0 Å². The third kappa shape index (κ3) is 5.46. The van der Waals surface area contributed by atoms with Crippen molar-refractivity contribution in [3.63, 3.8) is 0 Å². The minimum atomic E-state index is -0.930. The topological polar surface area (TPSA) is 40.5 Å². The van der Waals surface area contributed by atoms with Crippen LogP contribution < -0.4 is 0 Å². The molecular weight excluding hydrogens is 164 g/mol. The first kappa shape index (κ1) is 12.2. The minimum Gasteiger partial charge on any atom is -0.396 e. The molecule has 0 aromatic carbocycles. The van der Waals surface area contributed by atoms with Gasteiger partial charge in [-0.1, -0.05) is 11.6 Å². The van der Waals surface area contributed by atoms with Crippen LogP contribution in [0.3, 0.4) is 0 Å². The highest BCUT2D eigenvalue weighted by atomic mass is 16.3. The fourth-order valence-electron chi connectivity index (χ4n) is 1.05. The Labute approximate surface area is 80.3 Å². The molecule has 2 heteroatoms. The average Bonchev–Trinajstić information content (AvgIpc) is 2.02. The van der Waals surface area contributed by atoms with E-state index >= 15 is 0 Å². The fraction of sp³-hybridized carbons (Fsp3) is 0.636. The molecule has 0 heterocycles. The number of rotatable bonds is 5. The van der Waals surface area contributed by atoms with Crippen LogP contribution in [0.1, 0.15) is 33.1 Å². The van der Waals surface area contributed by atoms with Gasteiger partial charge in [0.25, 0.3) is 0 Å². The normalized spacial score (nSPS) is 14.4. The summed E-state index contributed by atoms with van der Waals surface area (Å²) in [5.41, 5.74) is 0.217. The molecule has 0 aliphatic heterocycles. The molecule has 13 heavy (non-hydrogen) atoms. The molecule has 0 fully saturated rings. The molecule has 0 aromatic heterocycles. The maximum atomic E-state index is 9.91. The zero-order valence-corrected chi connectivity index (χ0v) is 8.38. The molecule has 0 saturated heterocycles. The van der Waals surface area contributed by atoms with Crippen LogP contribution in [0.25, 0.3) is 0 Å². The van der Waals surface area contributed by atoms with E-state index in [1.165, 1.54) is 0 Å². The van der Waals surface area contributed by atoms with Gasteiger partial charge in [-0.25, -0.2) is 0 Å². The molecule has 0 saturated carbocycles. The summed E-state index contributed by atoms with van der Waals surface area (Å²) in [6.45, 7) is 3.90. The molecule has 0 aliphatic carbocycles. The van der Waals surface area contributed by atoms with E-state index in [9.17, 15) is 5.11 Å². The van der Waals surface area contributed by atoms with Gasteiger partial charge >= 0.3 is 0 Å². The molecule has 2 nitrogen and oxygen atoms in total. The second-order valence-electron chi connectivity index (χ2n) is 3.56. The van der Waals surface area contributed by atoms with Gasteiger partial charge in [-0.2, -0.15) is 0 Å². The summed E-state index contributed by atoms with van der Waals surface area (Å²) in [7, 11) is 0. The number of terminal acetylenes is 1. The molecular formula is C11H18O2. The molecule has 0 amide bonds. The maximum Gasteiger partial charge on any atom is 0.0812 e. The first-order valence-corrected chi connectivity index (χ1v) is 4.44. The monoisotopic (exact) mass is 182 g/mol. The maximum absolute atomic E-state index is 9.91. The van der Waals surface area contributed by atoms with Gasteiger partial charge in [0.15, 0.2) is 0 Å². The minimum absolute atomic E-state index is 0.0330. The predicted molar refractivity (Wildman–Crippen MR) is 54.2 cm³/mol. The quantitative estimate of drug-likeness (QED) is 0.499. The van der Waals surface area contributed by atoms with Gasteiger partial charge in [0.1, 0.15) is 0 Å². The second kappa shape index (κ2) is 5.80. The van der Waals surface area contributed by atoms with Crippen LogP contribution in [0.5, 0.6) is 0 Å². The summed E-state index contributed by atoms with van der Waals surface area (Å²) in [6, 6.07) is 0. The summed E-state index contributed by atoms with van der Waals surface area (Å²) < 4.78 is 0. The van der Waals surface area contributed by atoms with E-state index in [4.69, 9.17) is 11.5 Å². The van der Waals surface area contributed by atoms with Crippen molar-refractivity contribution in [3.8, 4) is 12.3 Å². The number of aliphatic hydroxyl groups excluding tert-OH is 1. The number of aliphatic hydroxyl groups is 2. The van der Waals surface area contributed by atoms with Crippen molar-refractivity contribution in [2.45, 2.75) is 38.7 Å². The SMILES string of the molecule is C#CCC(O)(CC=C(C)C)CCO. The predicted octanol–water partition coefficient (Wildman–Crippen LogP) is 1.48. The summed E-state index contributed by atoms with van der Waals surface area (Å²) in [5, 5.41) is 18.7. The van der Waals surface area contributed by atoms with Crippen molar-refractivity contribution >= 4 is 0 Å². The highest BCUT2D eigenvalue weighted by molar-refractivity contribution is 5.02. The van der Waals surface area contributed by atoms with Crippen molar-refractivity contribution in [2.75, 3.05) is 6.61 Å². The Hall–Kier alpha value is -0.780. The van der Waals surface area contributed by atoms with Crippen LogP contribution in [0.15, 0.2) is 11.6 Å². The van der Waals surface area contributed by atoms with Crippen LogP contribution in [0.2, 0.25) is 0 Å². The third-order valence-corrected chi connectivity index (χ3v) is 1.90. The second-order valence-corrected chi connectivity index (χ2v) is 3.56. The van der Waals surface area contributed by atoms with Crippen molar-refractivity contribution in [1.29, 1.82) is 0 Å². The molecule has 1 atom stereocenters. The third-order valence-electron chi connectivity index (χ3n) is 1.90. The van der Waals surface area contributed by atoms with Gasteiger partial charge < -0.3 is 10.2 Å². The van der Waals surface area contributed by atoms with Gasteiger partial charge in [-0.05, 0) is 20.3 Å². The van der Waals surface area contributed by atoms with Crippen LogP contribution in [-0.2, 0) is 0 Å². The highest BCUT2D eigenvalue weighted by Gasteiger charge is 2.23. The van der Waals surface area contributed by atoms with E-state index in [1.54, 1.807) is 0 Å². The van der Waals surface area contributed by atoms with E-state index in [2.05, 4.69) is 5.92 Å². The smallest absolute Gasteiger partial charge is 0.0812 e. The average molecular weight is 182 g/mol. The van der Waals surface area contributed by atoms with Crippen molar-refractivity contribution < 1.29 is 10.2 Å². The Balaban J connectivity index is 4.24. The van der Waals surface area contributed by atoms with Gasteiger partial charge in [0, 0.05) is 19.4 Å². The molecule has 0 bridgehead atoms. The van der Waals surface area contributed by atoms with E-state index < -0.39 is 5.60 Å². The van der Waals surface area contributed by atoms with Crippen LogP contribution in [0.4, 0.5) is 0 Å². The summed E-state index contributed by atoms with van der Waals surface area (Å²) in [5.74, 6) is 2.43. The van der Waals surface area contributed by atoms with Crippen LogP contribution in [0, 0.1) is 12.3 Å². The molecule has 74 valence electrons. The fourth-order valence-corrected chi connectivity index (χ4v) is 1.05. The Morgan fingerprint density at radius 1 is 1.54 bits per heavy atom. The molecule has 0 radical (unpaired) electrons. The van der Waals surface area contributed by atoms with Crippen molar-refractivity contribution in [3.05, 3.63) is 11.6 Å². The molecule has 0 aromatic rings. The van der Waals surface area contributed by atoms with E-state index in [0.717, 1.165) is 5.57 Å². The van der Waals surface area contributed by atoms with Gasteiger partial charge in [0.05, 0.1) is 5.60 Å². The van der Waals surface area contributed by atoms with Gasteiger partial charge in [-0.3, -0.25) is 0 Å². The van der Waals surface area contributed by atoms with Crippen LogP contribution in [-0.4, -0.2) is 22.4 Å². The lowest BCUT2D eigenvalue weighted by molar-refractivity contribution is 0.0229. The Morgan fingerprint density at radius 3 is 2.54 bits per heavy atom. The molecule has 2 N–H and O–H groups in total. The first-order chi connectivity index (χ1) is 6.04. The Bertz CT molecular complexity index is 209. The molecule has 0 rings (SSSR count). The standard InChI is InChI=1S/C11H18O2/c1-4-6-11(13,8-9-12)7-5-10(2)3/h1,5,12-13H,6-9H2,2-3H3. The largest absolute Gasteiger partial charge is 0.396 e. The Morgan fingerprint density at radius 2 is 2.15 bits per heavy atom. The summed E-state index contributed by atoms with van der Waals surface area (Å²) in [6.07, 6.45) is 8.21. The van der Waals surface area contributed by atoms with E-state index in [-0.39, 0.29) is 13.0 Å². The lowest BCUT2D eigenvalue weighted by atomic mass is 9.91. The van der Waals surface area contributed by atoms with Crippen molar-refractivity contribution in [2.24, 2.45) is 0 Å². The summed E-state index contributed by atoms with van der Waals surface area (Å²) >= 11 is 0. The molecule has 0 spiro atoms. The number of allylic oxidation sites excluding steroid dienone is 1. The zero-order chi connectivity index (χ0) is 10.3. The van der Waals surface area contributed by atoms with Gasteiger partial charge in [0.2, 0.25) is 0 Å². The van der Waals surface area contributed by atoms with Crippen LogP contribution >= 0.6 is 0 Å². The lowest BCUT2D eigenvalue weighted by Gasteiger charge is -2.23. The lowest BCUT2D eigenvalue weighted by Crippen LogP contribution is -2.28. The van der Waals surface area contributed by atoms with Gasteiger partial charge in [-0.15, -0.1) is 12.3 Å². The molecule has 0 aliphatic rings. The zero-order valence-electron chi connectivity index (χ0n) is 8.38. The molecule has 1 unspecified atom stereocenters. The first-order valence-electron chi connectivity index (χ1n) is 4.44. The number of hydrogen-bond acceptors (Lipinski definition) is 2. The highest BCUT2D eigenvalue weighted by Crippen LogP contribution is 2.20.